The van der Waals surface area contributed by atoms with Crippen LogP contribution in [0.1, 0.15) is 25.3 Å². The summed E-state index contributed by atoms with van der Waals surface area (Å²) < 4.78 is 1.82. The average molecular weight is 388 g/mol. The first-order valence-electron chi connectivity index (χ1n) is 9.89. The lowest BCUT2D eigenvalue weighted by Gasteiger charge is -2.14. The highest BCUT2D eigenvalue weighted by molar-refractivity contribution is 5.89. The van der Waals surface area contributed by atoms with Gasteiger partial charge in [-0.1, -0.05) is 48.5 Å². The first kappa shape index (κ1) is 18.9. The number of para-hydroxylation sites is 1. The van der Waals surface area contributed by atoms with Gasteiger partial charge in [0.05, 0.1) is 11.4 Å². The number of benzene rings is 2. The van der Waals surface area contributed by atoms with Crippen LogP contribution in [0.25, 0.3) is 16.9 Å². The number of hydrogen-bond acceptors (Lipinski definition) is 3. The van der Waals surface area contributed by atoms with Gasteiger partial charge in [0.15, 0.2) is 0 Å². The Bertz CT molecular complexity index is 994. The van der Waals surface area contributed by atoms with Crippen LogP contribution >= 0.6 is 0 Å². The highest BCUT2D eigenvalue weighted by Crippen LogP contribution is 2.29. The third-order valence-electron chi connectivity index (χ3n) is 5.01. The average Bonchev–Trinajstić information content (AvgIpc) is 3.53. The molecule has 1 atom stereocenters. The summed E-state index contributed by atoms with van der Waals surface area (Å²) >= 11 is 0. The number of aromatic nitrogens is 2. The van der Waals surface area contributed by atoms with Crippen molar-refractivity contribution < 1.29 is 9.59 Å². The monoisotopic (exact) mass is 388 g/mol. The van der Waals surface area contributed by atoms with Crippen LogP contribution in [0.3, 0.4) is 0 Å². The SMILES string of the molecule is C[C@H](NC(=O)C1CC1)C(=O)NCc1cn(-c2ccccc2)nc1-c1ccccc1. The van der Waals surface area contributed by atoms with E-state index in [2.05, 4.69) is 10.6 Å². The van der Waals surface area contributed by atoms with Crippen molar-refractivity contribution in [3.63, 3.8) is 0 Å². The summed E-state index contributed by atoms with van der Waals surface area (Å²) in [5, 5.41) is 10.5. The number of nitrogens with zero attached hydrogens (tertiary/aromatic N) is 2. The van der Waals surface area contributed by atoms with Gasteiger partial charge in [0, 0.05) is 29.8 Å². The van der Waals surface area contributed by atoms with Crippen molar-refractivity contribution in [1.82, 2.24) is 20.4 Å². The molecule has 1 fully saturated rings. The Morgan fingerprint density at radius 1 is 1.07 bits per heavy atom. The molecule has 1 aliphatic carbocycles. The second-order valence-electron chi connectivity index (χ2n) is 7.37. The maximum atomic E-state index is 12.5. The van der Waals surface area contributed by atoms with E-state index in [1.807, 2.05) is 71.5 Å². The molecule has 1 aromatic heterocycles. The summed E-state index contributed by atoms with van der Waals surface area (Å²) in [6, 6.07) is 19.2. The van der Waals surface area contributed by atoms with Crippen molar-refractivity contribution in [1.29, 1.82) is 0 Å². The van der Waals surface area contributed by atoms with Crippen LogP contribution in [0.15, 0.2) is 66.9 Å². The van der Waals surface area contributed by atoms with E-state index in [-0.39, 0.29) is 17.7 Å². The lowest BCUT2D eigenvalue weighted by atomic mass is 10.1. The Labute approximate surface area is 169 Å². The van der Waals surface area contributed by atoms with Crippen molar-refractivity contribution in [2.45, 2.75) is 32.4 Å². The molecule has 2 amide bonds. The molecule has 1 aliphatic rings. The normalized spacial score (nSPS) is 14.2. The minimum absolute atomic E-state index is 0.0329. The minimum atomic E-state index is -0.563. The quantitative estimate of drug-likeness (QED) is 0.653. The number of nitrogens with one attached hydrogen (secondary N) is 2. The Kier molecular flexibility index (Phi) is 5.42. The summed E-state index contributed by atoms with van der Waals surface area (Å²) in [6.45, 7) is 2.04. The largest absolute Gasteiger partial charge is 0.350 e. The first-order chi connectivity index (χ1) is 14.1. The molecule has 2 N–H and O–H groups in total. The fourth-order valence-electron chi connectivity index (χ4n) is 3.17. The maximum absolute atomic E-state index is 12.5. The van der Waals surface area contributed by atoms with Gasteiger partial charge in [-0.05, 0) is 31.9 Å². The van der Waals surface area contributed by atoms with E-state index < -0.39 is 6.04 Å². The van der Waals surface area contributed by atoms with Gasteiger partial charge in [0.2, 0.25) is 11.8 Å². The molecule has 0 unspecified atom stereocenters. The van der Waals surface area contributed by atoms with Crippen molar-refractivity contribution in [3.05, 3.63) is 72.4 Å². The number of rotatable bonds is 7. The Hall–Kier alpha value is -3.41. The molecule has 1 heterocycles. The molecule has 0 aliphatic heterocycles. The molecule has 6 nitrogen and oxygen atoms in total. The van der Waals surface area contributed by atoms with Crippen LogP contribution in [0.4, 0.5) is 0 Å². The van der Waals surface area contributed by atoms with Gasteiger partial charge in [0.1, 0.15) is 6.04 Å². The molecule has 29 heavy (non-hydrogen) atoms. The number of carbonyl (C=O) groups is 2. The second-order valence-corrected chi connectivity index (χ2v) is 7.37. The lowest BCUT2D eigenvalue weighted by Crippen LogP contribution is -2.45. The Balaban J connectivity index is 1.51. The van der Waals surface area contributed by atoms with Gasteiger partial charge < -0.3 is 10.6 Å². The zero-order valence-electron chi connectivity index (χ0n) is 16.3. The zero-order valence-corrected chi connectivity index (χ0v) is 16.3. The van der Waals surface area contributed by atoms with Crippen LogP contribution in [-0.2, 0) is 16.1 Å². The lowest BCUT2D eigenvalue weighted by molar-refractivity contribution is -0.129. The molecule has 0 bridgehead atoms. The molecule has 0 spiro atoms. The molecule has 2 aromatic carbocycles. The zero-order chi connectivity index (χ0) is 20.2. The van der Waals surface area contributed by atoms with E-state index in [1.54, 1.807) is 6.92 Å². The van der Waals surface area contributed by atoms with E-state index in [1.165, 1.54) is 0 Å². The Morgan fingerprint density at radius 2 is 1.72 bits per heavy atom. The van der Waals surface area contributed by atoms with Crippen LogP contribution in [0.5, 0.6) is 0 Å². The van der Waals surface area contributed by atoms with Crippen LogP contribution in [0, 0.1) is 5.92 Å². The van der Waals surface area contributed by atoms with Crippen molar-refractivity contribution in [2.24, 2.45) is 5.92 Å². The van der Waals surface area contributed by atoms with Gasteiger partial charge in [-0.2, -0.15) is 5.10 Å². The third kappa shape index (κ3) is 4.54. The van der Waals surface area contributed by atoms with Crippen LogP contribution in [0.2, 0.25) is 0 Å². The molecular formula is C23H24N4O2. The topological polar surface area (TPSA) is 76.0 Å². The molecule has 148 valence electrons. The van der Waals surface area contributed by atoms with Crippen molar-refractivity contribution >= 4 is 11.8 Å². The highest BCUT2D eigenvalue weighted by atomic mass is 16.2. The van der Waals surface area contributed by atoms with Gasteiger partial charge >= 0.3 is 0 Å². The van der Waals surface area contributed by atoms with Crippen molar-refractivity contribution in [3.8, 4) is 16.9 Å². The van der Waals surface area contributed by atoms with Gasteiger partial charge in [-0.15, -0.1) is 0 Å². The fraction of sp³-hybridized carbons (Fsp3) is 0.261. The van der Waals surface area contributed by atoms with Gasteiger partial charge in [0.25, 0.3) is 0 Å². The maximum Gasteiger partial charge on any atom is 0.242 e. The molecule has 3 aromatic rings. The third-order valence-corrected chi connectivity index (χ3v) is 5.01. The summed E-state index contributed by atoms with van der Waals surface area (Å²) in [6.07, 6.45) is 3.77. The first-order valence-corrected chi connectivity index (χ1v) is 9.89. The molecule has 0 radical (unpaired) electrons. The van der Waals surface area contributed by atoms with Gasteiger partial charge in [-0.25, -0.2) is 4.68 Å². The molecular weight excluding hydrogens is 364 g/mol. The van der Waals surface area contributed by atoms with Gasteiger partial charge in [-0.3, -0.25) is 9.59 Å². The molecule has 0 saturated heterocycles. The smallest absolute Gasteiger partial charge is 0.242 e. The van der Waals surface area contributed by atoms with Crippen molar-refractivity contribution in [2.75, 3.05) is 0 Å². The second kappa shape index (κ2) is 8.31. The summed E-state index contributed by atoms with van der Waals surface area (Å²) in [4.78, 5) is 24.4. The van der Waals surface area contributed by atoms with E-state index in [0.717, 1.165) is 35.3 Å². The molecule has 6 heteroatoms. The predicted molar refractivity (Wildman–Crippen MR) is 111 cm³/mol. The van der Waals surface area contributed by atoms with E-state index in [9.17, 15) is 9.59 Å². The van der Waals surface area contributed by atoms with Crippen LogP contribution in [-0.4, -0.2) is 27.6 Å². The Morgan fingerprint density at radius 3 is 2.38 bits per heavy atom. The fourth-order valence-corrected chi connectivity index (χ4v) is 3.17. The minimum Gasteiger partial charge on any atom is -0.350 e. The van der Waals surface area contributed by atoms with E-state index in [0.29, 0.717) is 6.54 Å². The highest BCUT2D eigenvalue weighted by Gasteiger charge is 2.31. The number of hydrogen-bond donors (Lipinski definition) is 2. The molecule has 4 rings (SSSR count). The summed E-state index contributed by atoms with van der Waals surface area (Å²) in [5.74, 6) is -0.154. The molecule has 1 saturated carbocycles. The standard InChI is InChI=1S/C23H24N4O2/c1-16(25-23(29)18-12-13-18)22(28)24-14-19-15-27(20-10-6-3-7-11-20)26-21(19)17-8-4-2-5-9-17/h2-11,15-16,18H,12-14H2,1H3,(H,24,28)(H,25,29)/t16-/m0/s1. The predicted octanol–water partition coefficient (Wildman–Crippen LogP) is 3.07. The number of carbonyl (C=O) groups excluding carboxylic acids is 2. The van der Waals surface area contributed by atoms with E-state index in [4.69, 9.17) is 5.10 Å². The number of amides is 2. The van der Waals surface area contributed by atoms with Crippen LogP contribution < -0.4 is 10.6 Å². The van der Waals surface area contributed by atoms with E-state index >= 15 is 0 Å². The summed E-state index contributed by atoms with van der Waals surface area (Å²) in [5.41, 5.74) is 3.67. The summed E-state index contributed by atoms with van der Waals surface area (Å²) in [7, 11) is 0.